The van der Waals surface area contributed by atoms with Crippen LogP contribution < -0.4 is 10.1 Å². The number of halogens is 1. The van der Waals surface area contributed by atoms with Crippen molar-refractivity contribution in [2.24, 2.45) is 0 Å². The van der Waals surface area contributed by atoms with Crippen molar-refractivity contribution < 1.29 is 9.53 Å². The summed E-state index contributed by atoms with van der Waals surface area (Å²) in [4.78, 5) is 11.9. The third-order valence-electron chi connectivity index (χ3n) is 3.30. The highest BCUT2D eigenvalue weighted by Crippen LogP contribution is 2.21. The molecule has 116 valence electrons. The second kappa shape index (κ2) is 8.59. The third-order valence-corrected chi connectivity index (χ3v) is 3.99. The number of amides is 1. The number of carbonyl (C=O) groups is 1. The molecule has 0 saturated carbocycles. The number of benzene rings is 2. The lowest BCUT2D eigenvalue weighted by Gasteiger charge is -2.08. The largest absolute Gasteiger partial charge is 0.494 e. The van der Waals surface area contributed by atoms with Gasteiger partial charge in [-0.3, -0.25) is 4.79 Å². The van der Waals surface area contributed by atoms with Crippen LogP contribution in [0.4, 0.5) is 5.69 Å². The van der Waals surface area contributed by atoms with Crippen LogP contribution in [0.2, 0.25) is 0 Å². The van der Waals surface area contributed by atoms with Gasteiger partial charge in [0.25, 0.3) is 0 Å². The first kappa shape index (κ1) is 16.6. The Hall–Kier alpha value is -1.81. The van der Waals surface area contributed by atoms with Gasteiger partial charge in [0.15, 0.2) is 0 Å². The maximum Gasteiger partial charge on any atom is 0.224 e. The summed E-state index contributed by atoms with van der Waals surface area (Å²) in [6, 6.07) is 15.7. The second-order valence-corrected chi connectivity index (χ2v) is 5.83. The highest BCUT2D eigenvalue weighted by Gasteiger charge is 2.05. The van der Waals surface area contributed by atoms with E-state index < -0.39 is 0 Å². The van der Waals surface area contributed by atoms with E-state index in [-0.39, 0.29) is 5.91 Å². The maximum absolute atomic E-state index is 11.9. The van der Waals surface area contributed by atoms with Crippen molar-refractivity contribution in [3.05, 3.63) is 58.6 Å². The fraction of sp³-hybridized carbons (Fsp3) is 0.278. The van der Waals surface area contributed by atoms with Crippen molar-refractivity contribution in [3.8, 4) is 5.75 Å². The van der Waals surface area contributed by atoms with Gasteiger partial charge in [-0.1, -0.05) is 31.2 Å². The first-order valence-corrected chi connectivity index (χ1v) is 8.24. The molecule has 0 radical (unpaired) electrons. The van der Waals surface area contributed by atoms with Crippen LogP contribution >= 0.6 is 15.9 Å². The molecule has 4 heteroatoms. The van der Waals surface area contributed by atoms with Crippen molar-refractivity contribution in [2.45, 2.75) is 26.2 Å². The molecule has 0 atom stereocenters. The van der Waals surface area contributed by atoms with Crippen molar-refractivity contribution >= 4 is 27.5 Å². The van der Waals surface area contributed by atoms with Crippen LogP contribution in [-0.4, -0.2) is 12.5 Å². The van der Waals surface area contributed by atoms with Crippen molar-refractivity contribution in [1.82, 2.24) is 0 Å². The zero-order valence-electron chi connectivity index (χ0n) is 12.6. The lowest BCUT2D eigenvalue weighted by Crippen LogP contribution is -2.13. The molecule has 0 fully saturated rings. The fourth-order valence-electron chi connectivity index (χ4n) is 2.02. The first-order chi connectivity index (χ1) is 10.7. The fourth-order valence-corrected chi connectivity index (χ4v) is 2.40. The third kappa shape index (κ3) is 5.19. The number of rotatable bonds is 7. The van der Waals surface area contributed by atoms with Crippen LogP contribution in [0.5, 0.6) is 5.75 Å². The minimum atomic E-state index is -0.00293. The average Bonchev–Trinajstić information content (AvgIpc) is 2.54. The van der Waals surface area contributed by atoms with Gasteiger partial charge in [0.2, 0.25) is 5.91 Å². The smallest absolute Gasteiger partial charge is 0.224 e. The van der Waals surface area contributed by atoms with E-state index in [0.717, 1.165) is 22.3 Å². The lowest BCUT2D eigenvalue weighted by atomic mass is 10.2. The number of nitrogens with one attached hydrogen (secondary N) is 1. The Labute approximate surface area is 139 Å². The first-order valence-electron chi connectivity index (χ1n) is 7.45. The number of para-hydroxylation sites is 1. The lowest BCUT2D eigenvalue weighted by molar-refractivity contribution is -0.116. The second-order valence-electron chi connectivity index (χ2n) is 4.98. The van der Waals surface area contributed by atoms with E-state index in [2.05, 4.69) is 40.3 Å². The SMILES string of the molecule is CCc1ccc(OCCCC(=O)Nc2ccccc2Br)cc1. The summed E-state index contributed by atoms with van der Waals surface area (Å²) in [6.45, 7) is 2.66. The van der Waals surface area contributed by atoms with Crippen molar-refractivity contribution in [2.75, 3.05) is 11.9 Å². The van der Waals surface area contributed by atoms with Gasteiger partial charge in [0.1, 0.15) is 5.75 Å². The molecular formula is C18H20BrNO2. The molecule has 22 heavy (non-hydrogen) atoms. The molecule has 0 saturated heterocycles. The summed E-state index contributed by atoms with van der Waals surface area (Å²) in [6.07, 6.45) is 2.15. The minimum Gasteiger partial charge on any atom is -0.494 e. The van der Waals surface area contributed by atoms with E-state index in [1.807, 2.05) is 36.4 Å². The molecule has 0 aliphatic carbocycles. The van der Waals surface area contributed by atoms with E-state index in [1.165, 1.54) is 5.56 Å². The Kier molecular flexibility index (Phi) is 6.46. The molecule has 0 aliphatic heterocycles. The predicted octanol–water partition coefficient (Wildman–Crippen LogP) is 4.81. The van der Waals surface area contributed by atoms with Gasteiger partial charge in [-0.05, 0) is 58.6 Å². The van der Waals surface area contributed by atoms with E-state index in [4.69, 9.17) is 4.74 Å². The number of carbonyl (C=O) groups excluding carboxylic acids is 1. The van der Waals surface area contributed by atoms with Gasteiger partial charge in [0.05, 0.1) is 12.3 Å². The average molecular weight is 362 g/mol. The Morgan fingerprint density at radius 1 is 1.14 bits per heavy atom. The molecule has 1 N–H and O–H groups in total. The molecule has 3 nitrogen and oxygen atoms in total. The van der Waals surface area contributed by atoms with E-state index in [9.17, 15) is 4.79 Å². The van der Waals surface area contributed by atoms with Gasteiger partial charge in [0, 0.05) is 10.9 Å². The Morgan fingerprint density at radius 2 is 1.86 bits per heavy atom. The zero-order valence-corrected chi connectivity index (χ0v) is 14.2. The van der Waals surface area contributed by atoms with Crippen LogP contribution in [0.15, 0.2) is 53.0 Å². The topological polar surface area (TPSA) is 38.3 Å². The quantitative estimate of drug-likeness (QED) is 0.718. The van der Waals surface area contributed by atoms with Crippen LogP contribution in [0.25, 0.3) is 0 Å². The van der Waals surface area contributed by atoms with Gasteiger partial charge < -0.3 is 10.1 Å². The van der Waals surface area contributed by atoms with Gasteiger partial charge >= 0.3 is 0 Å². The summed E-state index contributed by atoms with van der Waals surface area (Å²) >= 11 is 3.41. The summed E-state index contributed by atoms with van der Waals surface area (Å²) < 4.78 is 6.53. The van der Waals surface area contributed by atoms with Crippen LogP contribution in [0.1, 0.15) is 25.3 Å². The molecular weight excluding hydrogens is 342 g/mol. The summed E-state index contributed by atoms with van der Waals surface area (Å²) in [5.41, 5.74) is 2.09. The van der Waals surface area contributed by atoms with E-state index in [0.29, 0.717) is 19.4 Å². The summed E-state index contributed by atoms with van der Waals surface area (Å²) in [5.74, 6) is 0.847. The molecule has 0 bridgehead atoms. The zero-order chi connectivity index (χ0) is 15.8. The Balaban J connectivity index is 1.69. The highest BCUT2D eigenvalue weighted by molar-refractivity contribution is 9.10. The van der Waals surface area contributed by atoms with Crippen LogP contribution in [0, 0.1) is 0 Å². The number of hydrogen-bond donors (Lipinski definition) is 1. The van der Waals surface area contributed by atoms with E-state index in [1.54, 1.807) is 0 Å². The molecule has 0 aliphatic rings. The standard InChI is InChI=1S/C18H20BrNO2/c1-2-14-9-11-15(12-10-14)22-13-5-8-18(21)20-17-7-4-3-6-16(17)19/h3-4,6-7,9-12H,2,5,8,13H2,1H3,(H,20,21). The van der Waals surface area contributed by atoms with Crippen molar-refractivity contribution in [3.63, 3.8) is 0 Å². The van der Waals surface area contributed by atoms with Crippen LogP contribution in [0.3, 0.4) is 0 Å². The summed E-state index contributed by atoms with van der Waals surface area (Å²) in [7, 11) is 0. The number of hydrogen-bond acceptors (Lipinski definition) is 2. The van der Waals surface area contributed by atoms with Crippen LogP contribution in [-0.2, 0) is 11.2 Å². The highest BCUT2D eigenvalue weighted by atomic mass is 79.9. The Bertz CT molecular complexity index is 611. The van der Waals surface area contributed by atoms with Gasteiger partial charge in [-0.15, -0.1) is 0 Å². The molecule has 1 amide bonds. The van der Waals surface area contributed by atoms with Gasteiger partial charge in [-0.25, -0.2) is 0 Å². The molecule has 2 aromatic rings. The maximum atomic E-state index is 11.9. The molecule has 2 aromatic carbocycles. The molecule has 0 spiro atoms. The normalized spacial score (nSPS) is 10.3. The predicted molar refractivity (Wildman–Crippen MR) is 93.3 cm³/mol. The van der Waals surface area contributed by atoms with Gasteiger partial charge in [-0.2, -0.15) is 0 Å². The summed E-state index contributed by atoms with van der Waals surface area (Å²) in [5, 5.41) is 2.88. The molecule has 0 heterocycles. The molecule has 0 unspecified atom stereocenters. The monoisotopic (exact) mass is 361 g/mol. The Morgan fingerprint density at radius 3 is 2.55 bits per heavy atom. The number of anilines is 1. The molecule has 2 rings (SSSR count). The van der Waals surface area contributed by atoms with E-state index >= 15 is 0 Å². The number of aryl methyl sites for hydroxylation is 1. The number of ether oxygens (including phenoxy) is 1. The van der Waals surface area contributed by atoms with Crippen molar-refractivity contribution in [1.29, 1.82) is 0 Å². The minimum absolute atomic E-state index is 0.00293. The molecule has 0 aromatic heterocycles.